The van der Waals surface area contributed by atoms with Crippen LogP contribution in [0, 0.1) is 5.92 Å². The van der Waals surface area contributed by atoms with Gasteiger partial charge in [0.05, 0.1) is 7.11 Å². The largest absolute Gasteiger partial charge is 0.497 e. The van der Waals surface area contributed by atoms with Gasteiger partial charge < -0.3 is 10.1 Å². The first-order valence-corrected chi connectivity index (χ1v) is 5.70. The van der Waals surface area contributed by atoms with Crippen molar-refractivity contribution in [3.8, 4) is 5.75 Å². The molecular formula is C13H17NO2. The maximum atomic E-state index is 12.2. The van der Waals surface area contributed by atoms with Gasteiger partial charge in [-0.25, -0.2) is 0 Å². The molecule has 0 spiro atoms. The van der Waals surface area contributed by atoms with Crippen LogP contribution in [0.2, 0.25) is 0 Å². The third kappa shape index (κ3) is 2.42. The fourth-order valence-corrected chi connectivity index (χ4v) is 2.09. The fraction of sp³-hybridized carbons (Fsp3) is 0.462. The van der Waals surface area contributed by atoms with Crippen molar-refractivity contribution < 1.29 is 9.53 Å². The van der Waals surface area contributed by atoms with Crippen LogP contribution in [-0.2, 0) is 0 Å². The number of hydrogen-bond donors (Lipinski definition) is 1. The van der Waals surface area contributed by atoms with E-state index in [4.69, 9.17) is 4.74 Å². The summed E-state index contributed by atoms with van der Waals surface area (Å²) in [5, 5.41) is 3.26. The molecule has 0 bridgehead atoms. The van der Waals surface area contributed by atoms with Gasteiger partial charge in [-0.15, -0.1) is 0 Å². The number of ether oxygens (including phenoxy) is 1. The molecule has 0 unspecified atom stereocenters. The van der Waals surface area contributed by atoms with Gasteiger partial charge >= 0.3 is 0 Å². The molecule has 86 valence electrons. The molecule has 2 rings (SSSR count). The molecule has 0 aliphatic carbocycles. The van der Waals surface area contributed by atoms with Crippen LogP contribution in [0.1, 0.15) is 23.2 Å². The number of carbonyl (C=O) groups excluding carboxylic acids is 1. The molecule has 1 aliphatic heterocycles. The van der Waals surface area contributed by atoms with Crippen LogP contribution in [0.15, 0.2) is 24.3 Å². The van der Waals surface area contributed by atoms with E-state index >= 15 is 0 Å². The number of methoxy groups -OCH3 is 1. The maximum Gasteiger partial charge on any atom is 0.167 e. The van der Waals surface area contributed by atoms with Crippen LogP contribution in [0.3, 0.4) is 0 Å². The second-order valence-corrected chi connectivity index (χ2v) is 4.14. The van der Waals surface area contributed by atoms with E-state index in [1.54, 1.807) is 7.11 Å². The van der Waals surface area contributed by atoms with E-state index in [9.17, 15) is 4.79 Å². The van der Waals surface area contributed by atoms with E-state index in [-0.39, 0.29) is 11.7 Å². The smallest absolute Gasteiger partial charge is 0.167 e. The maximum absolute atomic E-state index is 12.2. The SMILES string of the molecule is COc1cccc(C(=O)[C@@H]2CCCNC2)c1. The Balaban J connectivity index is 2.12. The van der Waals surface area contributed by atoms with Crippen molar-refractivity contribution >= 4 is 5.78 Å². The molecule has 0 radical (unpaired) electrons. The Morgan fingerprint density at radius 1 is 1.50 bits per heavy atom. The average Bonchev–Trinajstić information content (AvgIpc) is 2.39. The zero-order valence-electron chi connectivity index (χ0n) is 9.53. The molecule has 1 saturated heterocycles. The van der Waals surface area contributed by atoms with Gasteiger partial charge in [0, 0.05) is 18.0 Å². The minimum atomic E-state index is 0.126. The number of piperidine rings is 1. The highest BCUT2D eigenvalue weighted by molar-refractivity contribution is 5.98. The monoisotopic (exact) mass is 219 g/mol. The zero-order valence-corrected chi connectivity index (χ0v) is 9.53. The zero-order chi connectivity index (χ0) is 11.4. The number of nitrogens with one attached hydrogen (secondary N) is 1. The Morgan fingerprint density at radius 2 is 2.38 bits per heavy atom. The summed E-state index contributed by atoms with van der Waals surface area (Å²) in [6.45, 7) is 1.83. The van der Waals surface area contributed by atoms with Crippen molar-refractivity contribution in [2.45, 2.75) is 12.8 Å². The standard InChI is InChI=1S/C13H17NO2/c1-16-12-6-2-4-10(8-12)13(15)11-5-3-7-14-9-11/h2,4,6,8,11,14H,3,5,7,9H2,1H3/t11-/m1/s1. The van der Waals surface area contributed by atoms with Gasteiger partial charge in [-0.3, -0.25) is 4.79 Å². The lowest BCUT2D eigenvalue weighted by Crippen LogP contribution is -2.34. The summed E-state index contributed by atoms with van der Waals surface area (Å²) in [5.41, 5.74) is 0.757. The lowest BCUT2D eigenvalue weighted by atomic mass is 9.91. The van der Waals surface area contributed by atoms with Gasteiger partial charge in [-0.1, -0.05) is 12.1 Å². The fourth-order valence-electron chi connectivity index (χ4n) is 2.09. The second kappa shape index (κ2) is 5.12. The molecule has 1 aromatic carbocycles. The van der Waals surface area contributed by atoms with Crippen molar-refractivity contribution in [2.75, 3.05) is 20.2 Å². The third-order valence-electron chi connectivity index (χ3n) is 3.02. The van der Waals surface area contributed by atoms with Crippen molar-refractivity contribution in [1.29, 1.82) is 0 Å². The quantitative estimate of drug-likeness (QED) is 0.789. The molecule has 0 amide bonds. The van der Waals surface area contributed by atoms with Crippen LogP contribution in [0.5, 0.6) is 5.75 Å². The number of Topliss-reactive ketones (excluding diaryl/α,β-unsaturated/α-hetero) is 1. The van der Waals surface area contributed by atoms with E-state index in [1.807, 2.05) is 24.3 Å². The van der Waals surface area contributed by atoms with Crippen LogP contribution in [-0.4, -0.2) is 26.0 Å². The molecule has 1 fully saturated rings. The van der Waals surface area contributed by atoms with Crippen molar-refractivity contribution in [2.24, 2.45) is 5.92 Å². The van der Waals surface area contributed by atoms with E-state index in [0.717, 1.165) is 37.2 Å². The molecule has 1 N–H and O–H groups in total. The topological polar surface area (TPSA) is 38.3 Å². The van der Waals surface area contributed by atoms with E-state index in [1.165, 1.54) is 0 Å². The van der Waals surface area contributed by atoms with Crippen LogP contribution >= 0.6 is 0 Å². The van der Waals surface area contributed by atoms with E-state index in [2.05, 4.69) is 5.32 Å². The number of hydrogen-bond acceptors (Lipinski definition) is 3. The van der Waals surface area contributed by atoms with Crippen molar-refractivity contribution in [3.63, 3.8) is 0 Å². The Hall–Kier alpha value is -1.35. The lowest BCUT2D eigenvalue weighted by Gasteiger charge is -2.21. The lowest BCUT2D eigenvalue weighted by molar-refractivity contribution is 0.0899. The highest BCUT2D eigenvalue weighted by atomic mass is 16.5. The van der Waals surface area contributed by atoms with Crippen LogP contribution < -0.4 is 10.1 Å². The summed E-state index contributed by atoms with van der Waals surface area (Å²) in [7, 11) is 1.62. The van der Waals surface area contributed by atoms with Gasteiger partial charge in [0.2, 0.25) is 0 Å². The van der Waals surface area contributed by atoms with Crippen LogP contribution in [0.4, 0.5) is 0 Å². The highest BCUT2D eigenvalue weighted by Crippen LogP contribution is 2.19. The normalized spacial score (nSPS) is 20.4. The highest BCUT2D eigenvalue weighted by Gasteiger charge is 2.22. The predicted molar refractivity (Wildman–Crippen MR) is 62.9 cm³/mol. The molecular weight excluding hydrogens is 202 g/mol. The molecule has 1 heterocycles. The summed E-state index contributed by atoms with van der Waals surface area (Å²) in [6.07, 6.45) is 2.07. The van der Waals surface area contributed by atoms with E-state index < -0.39 is 0 Å². The van der Waals surface area contributed by atoms with Crippen molar-refractivity contribution in [3.05, 3.63) is 29.8 Å². The summed E-state index contributed by atoms with van der Waals surface area (Å²) in [4.78, 5) is 12.2. The molecule has 1 atom stereocenters. The first-order valence-electron chi connectivity index (χ1n) is 5.70. The Morgan fingerprint density at radius 3 is 3.06 bits per heavy atom. The molecule has 1 aliphatic rings. The number of rotatable bonds is 3. The Bertz CT molecular complexity index is 370. The van der Waals surface area contributed by atoms with E-state index in [0.29, 0.717) is 0 Å². The minimum absolute atomic E-state index is 0.126. The molecule has 0 saturated carbocycles. The first kappa shape index (κ1) is 11.1. The third-order valence-corrected chi connectivity index (χ3v) is 3.02. The second-order valence-electron chi connectivity index (χ2n) is 4.14. The number of ketones is 1. The molecule has 3 nitrogen and oxygen atoms in total. The van der Waals surface area contributed by atoms with Gasteiger partial charge in [-0.2, -0.15) is 0 Å². The predicted octanol–water partition coefficient (Wildman–Crippen LogP) is 1.88. The number of carbonyl (C=O) groups is 1. The summed E-state index contributed by atoms with van der Waals surface area (Å²) < 4.78 is 5.12. The van der Waals surface area contributed by atoms with Crippen molar-refractivity contribution in [1.82, 2.24) is 5.32 Å². The molecule has 0 aromatic heterocycles. The first-order chi connectivity index (χ1) is 7.81. The van der Waals surface area contributed by atoms with Gasteiger partial charge in [0.1, 0.15) is 5.75 Å². The Labute approximate surface area is 95.8 Å². The molecule has 1 aromatic rings. The van der Waals surface area contributed by atoms with Gasteiger partial charge in [0.25, 0.3) is 0 Å². The summed E-state index contributed by atoms with van der Waals surface area (Å²) >= 11 is 0. The molecule has 3 heteroatoms. The Kier molecular flexibility index (Phi) is 3.57. The molecule has 16 heavy (non-hydrogen) atoms. The van der Waals surface area contributed by atoms with Crippen LogP contribution in [0.25, 0.3) is 0 Å². The average molecular weight is 219 g/mol. The van der Waals surface area contributed by atoms with Gasteiger partial charge in [-0.05, 0) is 31.5 Å². The minimum Gasteiger partial charge on any atom is -0.497 e. The number of benzene rings is 1. The van der Waals surface area contributed by atoms with Gasteiger partial charge in [0.15, 0.2) is 5.78 Å². The summed E-state index contributed by atoms with van der Waals surface area (Å²) in [5.74, 6) is 1.10. The summed E-state index contributed by atoms with van der Waals surface area (Å²) in [6, 6.07) is 7.40.